The molecule has 0 aliphatic rings. The number of aromatic amines is 1. The van der Waals surface area contributed by atoms with E-state index in [1.165, 1.54) is 13.2 Å². The molecule has 0 aliphatic heterocycles. The van der Waals surface area contributed by atoms with Crippen LogP contribution in [0, 0.1) is 11.3 Å². The number of nitriles is 1. The highest BCUT2D eigenvalue weighted by atomic mass is 16.5. The summed E-state index contributed by atoms with van der Waals surface area (Å²) in [6, 6.07) is 12.6. The third-order valence-corrected chi connectivity index (χ3v) is 4.24. The molecule has 6 heteroatoms. The minimum Gasteiger partial charge on any atom is -0.497 e. The average molecular weight is 362 g/mol. The predicted molar refractivity (Wildman–Crippen MR) is 102 cm³/mol. The molecule has 6 nitrogen and oxygen atoms in total. The quantitative estimate of drug-likeness (QED) is 0.407. The first-order valence-corrected chi connectivity index (χ1v) is 8.15. The Labute approximate surface area is 156 Å². The van der Waals surface area contributed by atoms with Gasteiger partial charge in [-0.15, -0.1) is 0 Å². The molecule has 1 aromatic heterocycles. The van der Waals surface area contributed by atoms with Crippen LogP contribution in [0.3, 0.4) is 0 Å². The fourth-order valence-corrected chi connectivity index (χ4v) is 2.80. The van der Waals surface area contributed by atoms with Crippen LogP contribution in [-0.2, 0) is 0 Å². The van der Waals surface area contributed by atoms with Crippen molar-refractivity contribution in [2.45, 2.75) is 0 Å². The summed E-state index contributed by atoms with van der Waals surface area (Å²) in [5, 5.41) is 10.3. The summed E-state index contributed by atoms with van der Waals surface area (Å²) < 4.78 is 15.7. The second kappa shape index (κ2) is 7.67. The zero-order valence-corrected chi connectivity index (χ0v) is 15.2. The Bertz CT molecular complexity index is 1070. The highest BCUT2D eigenvalue weighted by molar-refractivity contribution is 6.20. The lowest BCUT2D eigenvalue weighted by Gasteiger charge is -2.08. The number of nitrogens with zero attached hydrogens (tertiary/aromatic N) is 1. The number of hydrogen-bond acceptors (Lipinski definition) is 5. The van der Waals surface area contributed by atoms with Gasteiger partial charge in [0.15, 0.2) is 0 Å². The minimum atomic E-state index is -0.380. The van der Waals surface area contributed by atoms with Crippen LogP contribution in [0.25, 0.3) is 17.0 Å². The van der Waals surface area contributed by atoms with Crippen molar-refractivity contribution in [1.82, 2.24) is 4.98 Å². The predicted octanol–water partition coefficient (Wildman–Crippen LogP) is 3.98. The first-order chi connectivity index (χ1) is 13.1. The molecule has 0 saturated heterocycles. The molecule has 3 rings (SSSR count). The van der Waals surface area contributed by atoms with Gasteiger partial charge in [-0.25, -0.2) is 0 Å². The Hall–Kier alpha value is -3.72. The molecule has 0 radical (unpaired) electrons. The highest BCUT2D eigenvalue weighted by Gasteiger charge is 2.18. The molecule has 0 saturated carbocycles. The number of H-pyrrole nitrogens is 1. The summed E-state index contributed by atoms with van der Waals surface area (Å²) in [5.74, 6) is 1.39. The van der Waals surface area contributed by atoms with Gasteiger partial charge in [0.05, 0.1) is 21.3 Å². The summed E-state index contributed by atoms with van der Waals surface area (Å²) in [4.78, 5) is 16.0. The molecule has 0 atom stereocenters. The van der Waals surface area contributed by atoms with Crippen LogP contribution in [0.2, 0.25) is 0 Å². The van der Waals surface area contributed by atoms with Gasteiger partial charge in [0.2, 0.25) is 5.78 Å². The molecule has 1 heterocycles. The van der Waals surface area contributed by atoms with Crippen molar-refractivity contribution < 1.29 is 19.0 Å². The zero-order chi connectivity index (χ0) is 19.4. The third kappa shape index (κ3) is 3.48. The maximum atomic E-state index is 13.0. The molecule has 0 bridgehead atoms. The van der Waals surface area contributed by atoms with E-state index in [1.807, 2.05) is 12.1 Å². The van der Waals surface area contributed by atoms with Crippen molar-refractivity contribution in [1.29, 1.82) is 5.26 Å². The summed E-state index contributed by atoms with van der Waals surface area (Å²) in [6.07, 6.45) is 3.11. The number of hydrogen-bond donors (Lipinski definition) is 1. The van der Waals surface area contributed by atoms with Crippen molar-refractivity contribution in [3.8, 4) is 23.3 Å². The van der Waals surface area contributed by atoms with Gasteiger partial charge in [-0.2, -0.15) is 5.26 Å². The van der Waals surface area contributed by atoms with Gasteiger partial charge in [-0.1, -0.05) is 0 Å². The number of Topliss-reactive ketones (excluding diaryl/α,β-unsaturated/α-hetero) is 1. The smallest absolute Gasteiger partial charge is 0.205 e. The van der Waals surface area contributed by atoms with E-state index in [-0.39, 0.29) is 11.4 Å². The molecule has 0 unspecified atom stereocenters. The number of fused-ring (bicyclic) bond motifs is 1. The second-order valence-corrected chi connectivity index (χ2v) is 5.72. The van der Waals surface area contributed by atoms with Gasteiger partial charge in [0, 0.05) is 34.3 Å². The lowest BCUT2D eigenvalue weighted by atomic mass is 10.0. The van der Waals surface area contributed by atoms with Crippen LogP contribution in [0.5, 0.6) is 17.2 Å². The molecular weight excluding hydrogens is 344 g/mol. The summed E-state index contributed by atoms with van der Waals surface area (Å²) in [5.41, 5.74) is 1.81. The van der Waals surface area contributed by atoms with Crippen molar-refractivity contribution in [2.24, 2.45) is 0 Å². The first-order valence-electron chi connectivity index (χ1n) is 8.15. The molecule has 0 spiro atoms. The summed E-state index contributed by atoms with van der Waals surface area (Å²) in [6.45, 7) is 0. The van der Waals surface area contributed by atoms with Crippen LogP contribution in [0.4, 0.5) is 0 Å². The zero-order valence-electron chi connectivity index (χ0n) is 15.2. The number of carbonyl (C=O) groups is 1. The van der Waals surface area contributed by atoms with Crippen LogP contribution < -0.4 is 14.2 Å². The average Bonchev–Trinajstić information content (AvgIpc) is 3.14. The maximum absolute atomic E-state index is 13.0. The van der Waals surface area contributed by atoms with Gasteiger partial charge in [0.25, 0.3) is 0 Å². The molecule has 1 N–H and O–H groups in total. The van der Waals surface area contributed by atoms with Crippen LogP contribution >= 0.6 is 0 Å². The Kier molecular flexibility index (Phi) is 5.13. The normalized spacial score (nSPS) is 11.1. The molecule has 0 fully saturated rings. The molecule has 3 aromatic rings. The molecule has 27 heavy (non-hydrogen) atoms. The number of methoxy groups -OCH3 is 3. The number of benzene rings is 2. The van der Waals surface area contributed by atoms with Gasteiger partial charge < -0.3 is 19.2 Å². The second-order valence-electron chi connectivity index (χ2n) is 5.72. The van der Waals surface area contributed by atoms with Crippen LogP contribution in [0.1, 0.15) is 15.9 Å². The Morgan fingerprint density at radius 1 is 1.04 bits per heavy atom. The van der Waals surface area contributed by atoms with Gasteiger partial charge in [0.1, 0.15) is 28.9 Å². The summed E-state index contributed by atoms with van der Waals surface area (Å²) in [7, 11) is 4.64. The minimum absolute atomic E-state index is 0.00202. The number of rotatable bonds is 6. The van der Waals surface area contributed by atoms with E-state index in [9.17, 15) is 10.1 Å². The van der Waals surface area contributed by atoms with E-state index in [0.717, 1.165) is 5.52 Å². The largest absolute Gasteiger partial charge is 0.497 e. The van der Waals surface area contributed by atoms with Crippen molar-refractivity contribution in [2.75, 3.05) is 21.3 Å². The van der Waals surface area contributed by atoms with E-state index < -0.39 is 0 Å². The van der Waals surface area contributed by atoms with Crippen molar-refractivity contribution in [3.05, 3.63) is 59.3 Å². The van der Waals surface area contributed by atoms with Crippen molar-refractivity contribution >= 4 is 22.8 Å². The van der Waals surface area contributed by atoms with Crippen molar-refractivity contribution in [3.63, 3.8) is 0 Å². The SMILES string of the molecule is COc1ccc(/C=C(\C#N)C(=O)c2c[nH]c3ccc(OC)cc23)c(OC)c1. The van der Waals surface area contributed by atoms with Gasteiger partial charge in [-0.3, -0.25) is 4.79 Å². The highest BCUT2D eigenvalue weighted by Crippen LogP contribution is 2.29. The van der Waals surface area contributed by atoms with Gasteiger partial charge in [-0.05, 0) is 36.4 Å². The standard InChI is InChI=1S/C21H18N2O4/c1-25-15-6-7-19-17(9-15)18(12-23-19)21(24)14(11-22)8-13-4-5-16(26-2)10-20(13)27-3/h4-10,12,23H,1-3H3/b14-8+. The lowest BCUT2D eigenvalue weighted by molar-refractivity contribution is 0.104. The number of ketones is 1. The van der Waals surface area contributed by atoms with E-state index in [2.05, 4.69) is 4.98 Å². The number of nitrogens with one attached hydrogen (secondary N) is 1. The van der Waals surface area contributed by atoms with Crippen LogP contribution in [-0.4, -0.2) is 32.1 Å². The fourth-order valence-electron chi connectivity index (χ4n) is 2.80. The van der Waals surface area contributed by atoms with E-state index in [4.69, 9.17) is 14.2 Å². The fraction of sp³-hybridized carbons (Fsp3) is 0.143. The van der Waals surface area contributed by atoms with E-state index in [0.29, 0.717) is 33.8 Å². The monoisotopic (exact) mass is 362 g/mol. The molecule has 2 aromatic carbocycles. The third-order valence-electron chi connectivity index (χ3n) is 4.24. The topological polar surface area (TPSA) is 84.3 Å². The lowest BCUT2D eigenvalue weighted by Crippen LogP contribution is -2.01. The number of ether oxygens (including phenoxy) is 3. The van der Waals surface area contributed by atoms with E-state index >= 15 is 0 Å². The summed E-state index contributed by atoms with van der Waals surface area (Å²) >= 11 is 0. The number of allylic oxidation sites excluding steroid dienone is 1. The molecule has 136 valence electrons. The molecule has 0 amide bonds. The van der Waals surface area contributed by atoms with E-state index in [1.54, 1.807) is 50.7 Å². The number of carbonyl (C=O) groups excluding carboxylic acids is 1. The molecule has 0 aliphatic carbocycles. The Morgan fingerprint density at radius 2 is 1.74 bits per heavy atom. The maximum Gasteiger partial charge on any atom is 0.205 e. The van der Waals surface area contributed by atoms with Gasteiger partial charge >= 0.3 is 0 Å². The Balaban J connectivity index is 2.05. The first kappa shape index (κ1) is 18.1. The Morgan fingerprint density at radius 3 is 2.41 bits per heavy atom. The molecular formula is C21H18N2O4. The van der Waals surface area contributed by atoms with Crippen LogP contribution in [0.15, 0.2) is 48.2 Å². The number of aromatic nitrogens is 1.